The normalized spacial score (nSPS) is 15.5. The van der Waals surface area contributed by atoms with Crippen LogP contribution in [0.3, 0.4) is 0 Å². The molecular formula is C13H12BrN5O2S2. The third-order valence-corrected chi connectivity index (χ3v) is 7.64. The molecule has 0 aromatic carbocycles. The smallest absolute Gasteiger partial charge is 0.252 e. The molecule has 0 amide bonds. The minimum Gasteiger partial charge on any atom is -0.351 e. The predicted molar refractivity (Wildman–Crippen MR) is 89.7 cm³/mol. The molecule has 23 heavy (non-hydrogen) atoms. The molecule has 1 saturated heterocycles. The first-order chi connectivity index (χ1) is 10.9. The van der Waals surface area contributed by atoms with Gasteiger partial charge in [0.05, 0.1) is 9.83 Å². The van der Waals surface area contributed by atoms with E-state index in [2.05, 4.69) is 25.9 Å². The quantitative estimate of drug-likeness (QED) is 0.756. The highest BCUT2D eigenvalue weighted by Crippen LogP contribution is 2.31. The van der Waals surface area contributed by atoms with Gasteiger partial charge in [-0.3, -0.25) is 0 Å². The first-order valence-corrected chi connectivity index (χ1v) is 9.68. The fraction of sp³-hybridized carbons (Fsp3) is 0.308. The molecule has 0 saturated carbocycles. The number of hydrogen-bond donors (Lipinski definition) is 0. The summed E-state index contributed by atoms with van der Waals surface area (Å²) in [6.45, 7) is 0.964. The second-order valence-electron chi connectivity index (χ2n) is 4.98. The molecule has 2 aromatic rings. The lowest BCUT2D eigenvalue weighted by molar-refractivity contribution is 0.310. The van der Waals surface area contributed by atoms with Crippen LogP contribution >= 0.6 is 27.3 Å². The lowest BCUT2D eigenvalue weighted by Gasteiger charge is -2.43. The number of likely N-dealkylation sites (N-methyl/N-ethyl adjacent to an activating group) is 1. The van der Waals surface area contributed by atoms with Crippen molar-refractivity contribution in [1.29, 1.82) is 5.26 Å². The SMILES string of the molecule is CN(C1CN(c2nccnc2C#N)C1)S(=O)(=O)c1ccc(Br)s1. The van der Waals surface area contributed by atoms with Gasteiger partial charge in [0, 0.05) is 32.5 Å². The number of sulfonamides is 1. The first-order valence-electron chi connectivity index (χ1n) is 6.63. The van der Waals surface area contributed by atoms with Crippen molar-refractivity contribution >= 4 is 43.1 Å². The Morgan fingerprint density at radius 1 is 1.39 bits per heavy atom. The third-order valence-electron chi connectivity index (χ3n) is 3.64. The van der Waals surface area contributed by atoms with Gasteiger partial charge in [-0.15, -0.1) is 11.3 Å². The number of rotatable bonds is 4. The summed E-state index contributed by atoms with van der Waals surface area (Å²) in [5.41, 5.74) is 0.249. The van der Waals surface area contributed by atoms with Gasteiger partial charge in [-0.1, -0.05) is 0 Å². The van der Waals surface area contributed by atoms with Crippen LogP contribution in [0.1, 0.15) is 5.69 Å². The maximum atomic E-state index is 12.6. The van der Waals surface area contributed by atoms with Crippen molar-refractivity contribution in [3.8, 4) is 6.07 Å². The molecule has 10 heteroatoms. The summed E-state index contributed by atoms with van der Waals surface area (Å²) < 4.78 is 27.6. The number of halogens is 1. The highest BCUT2D eigenvalue weighted by molar-refractivity contribution is 9.11. The average molecular weight is 414 g/mol. The second kappa shape index (κ2) is 6.16. The highest BCUT2D eigenvalue weighted by atomic mass is 79.9. The van der Waals surface area contributed by atoms with Crippen molar-refractivity contribution < 1.29 is 8.42 Å². The minimum absolute atomic E-state index is 0.158. The second-order valence-corrected chi connectivity index (χ2v) is 9.67. The molecule has 0 atom stereocenters. The minimum atomic E-state index is -3.51. The van der Waals surface area contributed by atoms with Gasteiger partial charge in [0.2, 0.25) is 0 Å². The molecular weight excluding hydrogens is 402 g/mol. The summed E-state index contributed by atoms with van der Waals surface area (Å²) in [7, 11) is -1.93. The topological polar surface area (TPSA) is 90.2 Å². The van der Waals surface area contributed by atoms with E-state index in [1.165, 1.54) is 28.0 Å². The Kier molecular flexibility index (Phi) is 4.37. The van der Waals surface area contributed by atoms with Gasteiger partial charge in [0.25, 0.3) is 10.0 Å². The number of thiophene rings is 1. The Labute approximate surface area is 146 Å². The summed E-state index contributed by atoms with van der Waals surface area (Å²) in [5.74, 6) is 0.496. The Hall–Kier alpha value is -1.54. The maximum absolute atomic E-state index is 12.6. The van der Waals surface area contributed by atoms with Crippen LogP contribution in [-0.2, 0) is 10.0 Å². The molecule has 3 rings (SSSR count). The highest BCUT2D eigenvalue weighted by Gasteiger charge is 2.38. The van der Waals surface area contributed by atoms with Crippen LogP contribution in [0.5, 0.6) is 0 Å². The fourth-order valence-electron chi connectivity index (χ4n) is 2.27. The van der Waals surface area contributed by atoms with Crippen molar-refractivity contribution in [3.05, 3.63) is 34.0 Å². The van der Waals surface area contributed by atoms with Gasteiger partial charge in [0.15, 0.2) is 11.5 Å². The van der Waals surface area contributed by atoms with Gasteiger partial charge in [-0.2, -0.15) is 9.57 Å². The molecule has 3 heterocycles. The van der Waals surface area contributed by atoms with E-state index in [0.29, 0.717) is 23.1 Å². The summed E-state index contributed by atoms with van der Waals surface area (Å²) in [4.78, 5) is 9.98. The van der Waals surface area contributed by atoms with Crippen LogP contribution in [0.15, 0.2) is 32.5 Å². The van der Waals surface area contributed by atoms with Gasteiger partial charge in [0.1, 0.15) is 10.3 Å². The molecule has 1 aliphatic rings. The molecule has 2 aromatic heterocycles. The first kappa shape index (κ1) is 16.3. The molecule has 0 N–H and O–H groups in total. The van der Waals surface area contributed by atoms with Crippen LogP contribution in [0.25, 0.3) is 0 Å². The molecule has 120 valence electrons. The largest absolute Gasteiger partial charge is 0.351 e. The lowest BCUT2D eigenvalue weighted by Crippen LogP contribution is -2.60. The predicted octanol–water partition coefficient (Wildman–Crippen LogP) is 1.68. The van der Waals surface area contributed by atoms with Crippen molar-refractivity contribution in [2.24, 2.45) is 0 Å². The molecule has 0 radical (unpaired) electrons. The van der Waals surface area contributed by atoms with E-state index in [0.717, 1.165) is 3.79 Å². The molecule has 0 spiro atoms. The summed E-state index contributed by atoms with van der Waals surface area (Å²) in [6, 6.07) is 5.15. The zero-order valence-electron chi connectivity index (χ0n) is 12.0. The molecule has 0 unspecified atom stereocenters. The molecule has 1 aliphatic heterocycles. The van der Waals surface area contributed by atoms with Gasteiger partial charge < -0.3 is 4.90 Å². The van der Waals surface area contributed by atoms with Gasteiger partial charge in [-0.25, -0.2) is 18.4 Å². The van der Waals surface area contributed by atoms with Crippen LogP contribution < -0.4 is 4.90 Å². The van der Waals surface area contributed by atoms with Crippen LogP contribution in [0.4, 0.5) is 5.82 Å². The van der Waals surface area contributed by atoms with E-state index in [4.69, 9.17) is 5.26 Å². The van der Waals surface area contributed by atoms with E-state index in [1.54, 1.807) is 19.2 Å². The summed E-state index contributed by atoms with van der Waals surface area (Å²) in [6.07, 6.45) is 2.98. The van der Waals surface area contributed by atoms with E-state index in [1.807, 2.05) is 11.0 Å². The Morgan fingerprint density at radius 2 is 2.09 bits per heavy atom. The van der Waals surface area contributed by atoms with E-state index >= 15 is 0 Å². The number of hydrogen-bond acceptors (Lipinski definition) is 7. The van der Waals surface area contributed by atoms with E-state index in [9.17, 15) is 8.42 Å². The standard InChI is InChI=1S/C13H12BrN5O2S2/c1-18(23(20,21)12-3-2-11(14)22-12)9-7-19(8-9)13-10(6-15)16-4-5-17-13/h2-5,9H,7-8H2,1H3. The average Bonchev–Trinajstić information content (AvgIpc) is 2.93. The van der Waals surface area contributed by atoms with Crippen molar-refractivity contribution in [2.75, 3.05) is 25.0 Å². The summed E-state index contributed by atoms with van der Waals surface area (Å²) >= 11 is 4.47. The van der Waals surface area contributed by atoms with Crippen LogP contribution in [-0.4, -0.2) is 48.9 Å². The zero-order chi connectivity index (χ0) is 16.6. The monoisotopic (exact) mass is 413 g/mol. The van der Waals surface area contributed by atoms with Crippen molar-refractivity contribution in [2.45, 2.75) is 10.3 Å². The van der Waals surface area contributed by atoms with Crippen LogP contribution in [0.2, 0.25) is 0 Å². The molecule has 7 nitrogen and oxygen atoms in total. The number of nitriles is 1. The van der Waals surface area contributed by atoms with Crippen molar-refractivity contribution in [1.82, 2.24) is 14.3 Å². The Bertz CT molecular complexity index is 870. The van der Waals surface area contributed by atoms with E-state index < -0.39 is 10.0 Å². The fourth-order valence-corrected chi connectivity index (χ4v) is 5.81. The van der Waals surface area contributed by atoms with Gasteiger partial charge in [-0.05, 0) is 28.1 Å². The van der Waals surface area contributed by atoms with Gasteiger partial charge >= 0.3 is 0 Å². The lowest BCUT2D eigenvalue weighted by atomic mass is 10.1. The van der Waals surface area contributed by atoms with Crippen LogP contribution in [0, 0.1) is 11.3 Å². The number of aromatic nitrogens is 2. The third kappa shape index (κ3) is 2.97. The molecule has 0 aliphatic carbocycles. The Morgan fingerprint density at radius 3 is 2.70 bits per heavy atom. The summed E-state index contributed by atoms with van der Waals surface area (Å²) in [5, 5.41) is 9.05. The van der Waals surface area contributed by atoms with E-state index in [-0.39, 0.29) is 11.7 Å². The zero-order valence-corrected chi connectivity index (χ0v) is 15.3. The number of anilines is 1. The molecule has 0 bridgehead atoms. The van der Waals surface area contributed by atoms with Crippen molar-refractivity contribution in [3.63, 3.8) is 0 Å². The molecule has 1 fully saturated rings. The number of nitrogens with zero attached hydrogens (tertiary/aromatic N) is 5. The Balaban J connectivity index is 1.73. The maximum Gasteiger partial charge on any atom is 0.252 e.